The minimum Gasteiger partial charge on any atom is -0.346 e. The van der Waals surface area contributed by atoms with Crippen molar-refractivity contribution in [1.29, 1.82) is 0 Å². The summed E-state index contributed by atoms with van der Waals surface area (Å²) in [6.07, 6.45) is 3.08. The fourth-order valence-corrected chi connectivity index (χ4v) is 3.99. The highest BCUT2D eigenvalue weighted by molar-refractivity contribution is 5.93. The van der Waals surface area contributed by atoms with Gasteiger partial charge in [0.2, 0.25) is 5.91 Å². The Hall–Kier alpha value is -1.89. The van der Waals surface area contributed by atoms with Crippen LogP contribution in [0.4, 0.5) is 0 Å². The Bertz CT molecular complexity index is 670. The molecule has 0 aliphatic carbocycles. The van der Waals surface area contributed by atoms with Gasteiger partial charge in [-0.15, -0.1) is 0 Å². The van der Waals surface area contributed by atoms with Crippen LogP contribution in [0, 0.1) is 0 Å². The van der Waals surface area contributed by atoms with Crippen molar-refractivity contribution in [3.63, 3.8) is 0 Å². The van der Waals surface area contributed by atoms with Gasteiger partial charge in [-0.2, -0.15) is 5.10 Å². The smallest absolute Gasteiger partial charge is 0.272 e. The molecule has 7 nitrogen and oxygen atoms in total. The molecule has 2 amide bonds. The molecule has 3 rings (SSSR count). The number of aromatic nitrogens is 2. The third-order valence-electron chi connectivity index (χ3n) is 5.94. The van der Waals surface area contributed by atoms with Crippen LogP contribution >= 0.6 is 0 Å². The quantitative estimate of drug-likeness (QED) is 0.792. The first kappa shape index (κ1) is 17.9. The number of nitrogens with zero attached hydrogens (tertiary/aromatic N) is 5. The van der Waals surface area contributed by atoms with E-state index in [9.17, 15) is 9.59 Å². The maximum absolute atomic E-state index is 13.1. The van der Waals surface area contributed by atoms with Crippen LogP contribution in [-0.2, 0) is 18.3 Å². The van der Waals surface area contributed by atoms with Gasteiger partial charge in [0.15, 0.2) is 0 Å². The second kappa shape index (κ2) is 6.78. The largest absolute Gasteiger partial charge is 0.346 e. The number of amides is 2. The summed E-state index contributed by atoms with van der Waals surface area (Å²) in [6.45, 7) is 5.02. The van der Waals surface area contributed by atoms with Crippen LogP contribution in [0.15, 0.2) is 6.07 Å². The Morgan fingerprint density at radius 2 is 1.96 bits per heavy atom. The first-order valence-electron chi connectivity index (χ1n) is 9.14. The zero-order valence-corrected chi connectivity index (χ0v) is 15.8. The average Bonchev–Trinajstić information content (AvgIpc) is 2.93. The number of carbonyl (C=O) groups is 2. The second-order valence-electron chi connectivity index (χ2n) is 7.44. The van der Waals surface area contributed by atoms with E-state index < -0.39 is 0 Å². The summed E-state index contributed by atoms with van der Waals surface area (Å²) in [6, 6.07) is 1.90. The summed E-state index contributed by atoms with van der Waals surface area (Å²) < 4.78 is 1.69. The molecule has 1 unspecified atom stereocenters. The molecule has 0 radical (unpaired) electrons. The SMILES string of the molecule is CCc1cc(C(=O)N2CCN(C)C3(CCC(=O)N(C)CC3)C2)n(C)n1. The number of hydrogen-bond acceptors (Lipinski definition) is 4. The van der Waals surface area contributed by atoms with Gasteiger partial charge in [-0.1, -0.05) is 6.92 Å². The molecule has 2 aliphatic heterocycles. The Kier molecular flexibility index (Phi) is 4.86. The Labute approximate surface area is 149 Å². The van der Waals surface area contributed by atoms with Crippen LogP contribution in [0.3, 0.4) is 0 Å². The molecule has 0 saturated carbocycles. The van der Waals surface area contributed by atoms with E-state index >= 15 is 0 Å². The van der Waals surface area contributed by atoms with E-state index in [1.807, 2.05) is 36.9 Å². The van der Waals surface area contributed by atoms with Gasteiger partial charge in [0.05, 0.1) is 5.69 Å². The number of piperazine rings is 1. The summed E-state index contributed by atoms with van der Waals surface area (Å²) in [5.74, 6) is 0.249. The Morgan fingerprint density at radius 1 is 1.20 bits per heavy atom. The predicted octanol–water partition coefficient (Wildman–Crippen LogP) is 0.751. The molecule has 0 bridgehead atoms. The van der Waals surface area contributed by atoms with E-state index in [0.29, 0.717) is 25.2 Å². The van der Waals surface area contributed by atoms with Gasteiger partial charge < -0.3 is 9.80 Å². The van der Waals surface area contributed by atoms with Crippen LogP contribution in [0.1, 0.15) is 42.4 Å². The maximum Gasteiger partial charge on any atom is 0.272 e. The van der Waals surface area contributed by atoms with E-state index in [-0.39, 0.29) is 17.4 Å². The predicted molar refractivity (Wildman–Crippen MR) is 95.3 cm³/mol. The van der Waals surface area contributed by atoms with Gasteiger partial charge in [-0.25, -0.2) is 0 Å². The van der Waals surface area contributed by atoms with Crippen LogP contribution < -0.4 is 0 Å². The van der Waals surface area contributed by atoms with E-state index in [2.05, 4.69) is 17.0 Å². The lowest BCUT2D eigenvalue weighted by atomic mass is 9.86. The van der Waals surface area contributed by atoms with Crippen molar-refractivity contribution in [3.05, 3.63) is 17.5 Å². The van der Waals surface area contributed by atoms with Crippen molar-refractivity contribution < 1.29 is 9.59 Å². The summed E-state index contributed by atoms with van der Waals surface area (Å²) in [4.78, 5) is 31.3. The van der Waals surface area contributed by atoms with E-state index in [4.69, 9.17) is 0 Å². The highest BCUT2D eigenvalue weighted by Gasteiger charge is 2.43. The lowest BCUT2D eigenvalue weighted by Crippen LogP contribution is -2.62. The molecule has 1 spiro atoms. The minimum atomic E-state index is -0.111. The van der Waals surface area contributed by atoms with E-state index in [1.54, 1.807) is 4.68 Å². The van der Waals surface area contributed by atoms with Gasteiger partial charge in [0, 0.05) is 52.2 Å². The first-order chi connectivity index (χ1) is 11.9. The van der Waals surface area contributed by atoms with Gasteiger partial charge in [0.1, 0.15) is 5.69 Å². The fourth-order valence-electron chi connectivity index (χ4n) is 3.99. The summed E-state index contributed by atoms with van der Waals surface area (Å²) in [5.41, 5.74) is 1.48. The van der Waals surface area contributed by atoms with Crippen molar-refractivity contribution in [2.45, 2.75) is 38.1 Å². The molecule has 0 N–H and O–H groups in total. The van der Waals surface area contributed by atoms with Gasteiger partial charge in [-0.05, 0) is 32.4 Å². The summed E-state index contributed by atoms with van der Waals surface area (Å²) in [5, 5.41) is 4.41. The summed E-state index contributed by atoms with van der Waals surface area (Å²) >= 11 is 0. The molecule has 7 heteroatoms. The first-order valence-corrected chi connectivity index (χ1v) is 9.14. The van der Waals surface area contributed by atoms with Gasteiger partial charge >= 0.3 is 0 Å². The van der Waals surface area contributed by atoms with Crippen LogP contribution in [0.2, 0.25) is 0 Å². The topological polar surface area (TPSA) is 61.7 Å². The molecule has 1 atom stereocenters. The Morgan fingerprint density at radius 3 is 2.64 bits per heavy atom. The molecule has 2 saturated heterocycles. The number of likely N-dealkylation sites (N-methyl/N-ethyl adjacent to an activating group) is 1. The molecule has 138 valence electrons. The Balaban J connectivity index is 1.81. The fraction of sp³-hybridized carbons (Fsp3) is 0.722. The van der Waals surface area contributed by atoms with Gasteiger partial charge in [-0.3, -0.25) is 19.2 Å². The van der Waals surface area contributed by atoms with E-state index in [1.165, 1.54) is 0 Å². The molecule has 0 aromatic carbocycles. The monoisotopic (exact) mass is 347 g/mol. The molecular weight excluding hydrogens is 318 g/mol. The number of carbonyl (C=O) groups excluding carboxylic acids is 2. The normalized spacial score (nSPS) is 25.5. The van der Waals surface area contributed by atoms with Crippen LogP contribution in [0.5, 0.6) is 0 Å². The molecule has 25 heavy (non-hydrogen) atoms. The highest BCUT2D eigenvalue weighted by atomic mass is 16.2. The second-order valence-corrected chi connectivity index (χ2v) is 7.44. The van der Waals surface area contributed by atoms with Crippen LogP contribution in [-0.4, -0.2) is 82.1 Å². The number of hydrogen-bond donors (Lipinski definition) is 0. The maximum atomic E-state index is 13.1. The van der Waals surface area contributed by atoms with Crippen LogP contribution in [0.25, 0.3) is 0 Å². The zero-order chi connectivity index (χ0) is 18.2. The summed E-state index contributed by atoms with van der Waals surface area (Å²) in [7, 11) is 5.82. The van der Waals surface area contributed by atoms with Crippen molar-refractivity contribution in [2.24, 2.45) is 7.05 Å². The lowest BCUT2D eigenvalue weighted by molar-refractivity contribution is -0.129. The zero-order valence-electron chi connectivity index (χ0n) is 15.8. The van der Waals surface area contributed by atoms with Crippen molar-refractivity contribution in [1.82, 2.24) is 24.5 Å². The average molecular weight is 347 g/mol. The minimum absolute atomic E-state index is 0.0473. The standard InChI is InChI=1S/C18H29N5O2/c1-5-14-12-15(22(4)19-14)17(25)23-11-10-21(3)18(13-23)7-6-16(24)20(2)9-8-18/h12H,5-11,13H2,1-4H3. The third-order valence-corrected chi connectivity index (χ3v) is 5.94. The molecule has 1 aromatic rings. The van der Waals surface area contributed by atoms with Crippen molar-refractivity contribution >= 4 is 11.8 Å². The number of rotatable bonds is 2. The number of likely N-dealkylation sites (tertiary alicyclic amines) is 1. The molecule has 3 heterocycles. The van der Waals surface area contributed by atoms with E-state index in [0.717, 1.165) is 38.0 Å². The molecular formula is C18H29N5O2. The van der Waals surface area contributed by atoms with Crippen molar-refractivity contribution in [2.75, 3.05) is 40.3 Å². The lowest BCUT2D eigenvalue weighted by Gasteiger charge is -2.49. The molecule has 2 aliphatic rings. The third kappa shape index (κ3) is 3.29. The highest BCUT2D eigenvalue weighted by Crippen LogP contribution is 2.32. The van der Waals surface area contributed by atoms with Crippen molar-refractivity contribution in [3.8, 4) is 0 Å². The van der Waals surface area contributed by atoms with Gasteiger partial charge in [0.25, 0.3) is 5.91 Å². The number of aryl methyl sites for hydroxylation is 2. The molecule has 2 fully saturated rings. The molecule has 1 aromatic heterocycles.